The number of benzene rings is 1. The summed E-state index contributed by atoms with van der Waals surface area (Å²) in [7, 11) is 1.78. The smallest absolute Gasteiger partial charge is 0.191 e. The molecule has 120 valence electrons. The highest BCUT2D eigenvalue weighted by molar-refractivity contribution is 14.0. The second-order valence-corrected chi connectivity index (χ2v) is 5.08. The van der Waals surface area contributed by atoms with Gasteiger partial charge < -0.3 is 15.4 Å². The summed E-state index contributed by atoms with van der Waals surface area (Å²) in [6.45, 7) is 7.87. The Hall–Kier alpha value is -0.820. The molecule has 0 fully saturated rings. The minimum absolute atomic E-state index is 0. The molecule has 1 aromatic carbocycles. The summed E-state index contributed by atoms with van der Waals surface area (Å²) >= 11 is 0. The summed E-state index contributed by atoms with van der Waals surface area (Å²) < 4.78 is 5.82. The lowest BCUT2D eigenvalue weighted by atomic mass is 10.1. The van der Waals surface area contributed by atoms with Crippen molar-refractivity contribution in [3.05, 3.63) is 35.9 Å². The van der Waals surface area contributed by atoms with Crippen molar-refractivity contribution >= 4 is 29.9 Å². The van der Waals surface area contributed by atoms with E-state index in [0.29, 0.717) is 6.04 Å². The van der Waals surface area contributed by atoms with E-state index in [1.165, 1.54) is 5.56 Å². The van der Waals surface area contributed by atoms with Gasteiger partial charge in [-0.1, -0.05) is 30.3 Å². The molecule has 5 heteroatoms. The number of nitrogens with zero attached hydrogens (tertiary/aromatic N) is 1. The molecule has 0 bridgehead atoms. The number of ether oxygens (including phenoxy) is 1. The fourth-order valence-corrected chi connectivity index (χ4v) is 1.83. The molecule has 1 unspecified atom stereocenters. The van der Waals surface area contributed by atoms with E-state index in [1.807, 2.05) is 18.2 Å². The molecule has 4 nitrogen and oxygen atoms in total. The van der Waals surface area contributed by atoms with Gasteiger partial charge in [-0.25, -0.2) is 0 Å². The van der Waals surface area contributed by atoms with Crippen molar-refractivity contribution in [2.75, 3.05) is 20.2 Å². The normalized spacial score (nSPS) is 12.7. The van der Waals surface area contributed by atoms with E-state index < -0.39 is 0 Å². The average molecular weight is 405 g/mol. The third kappa shape index (κ3) is 8.93. The monoisotopic (exact) mass is 405 g/mol. The lowest BCUT2D eigenvalue weighted by molar-refractivity contribution is 0.0646. The van der Waals surface area contributed by atoms with Gasteiger partial charge in [-0.15, -0.1) is 24.0 Å². The molecule has 0 aliphatic heterocycles. The largest absolute Gasteiger partial charge is 0.374 e. The Morgan fingerprint density at radius 2 is 1.86 bits per heavy atom. The van der Waals surface area contributed by atoms with E-state index in [4.69, 9.17) is 4.74 Å². The van der Waals surface area contributed by atoms with Crippen LogP contribution in [0.4, 0.5) is 0 Å². The van der Waals surface area contributed by atoms with Gasteiger partial charge in [-0.3, -0.25) is 4.99 Å². The Balaban J connectivity index is 0.00000400. The summed E-state index contributed by atoms with van der Waals surface area (Å²) in [6, 6.07) is 10.7. The van der Waals surface area contributed by atoms with Gasteiger partial charge in [0.15, 0.2) is 5.96 Å². The Bertz CT molecular complexity index is 396. The van der Waals surface area contributed by atoms with E-state index in [9.17, 15) is 0 Å². The van der Waals surface area contributed by atoms with E-state index in [-0.39, 0.29) is 30.1 Å². The van der Waals surface area contributed by atoms with Crippen LogP contribution in [0.1, 0.15) is 38.9 Å². The molecular formula is C16H28IN3O. The first-order chi connectivity index (χ1) is 9.63. The van der Waals surface area contributed by atoms with Crippen molar-refractivity contribution in [2.45, 2.75) is 39.3 Å². The number of nitrogens with one attached hydrogen (secondary N) is 2. The highest BCUT2D eigenvalue weighted by Gasteiger charge is 2.04. The van der Waals surface area contributed by atoms with Gasteiger partial charge in [0.2, 0.25) is 0 Å². The maximum absolute atomic E-state index is 5.82. The summed E-state index contributed by atoms with van der Waals surface area (Å²) in [5.74, 6) is 0.844. The number of guanidine groups is 1. The number of aliphatic imine (C=N–C) groups is 1. The molecule has 1 rings (SSSR count). The van der Waals surface area contributed by atoms with Crippen LogP contribution in [0, 0.1) is 0 Å². The van der Waals surface area contributed by atoms with Crippen LogP contribution < -0.4 is 10.6 Å². The number of rotatable bonds is 7. The molecule has 0 radical (unpaired) electrons. The van der Waals surface area contributed by atoms with Gasteiger partial charge in [-0.05, 0) is 32.8 Å². The fourth-order valence-electron chi connectivity index (χ4n) is 1.83. The Kier molecular flexibility index (Phi) is 11.3. The van der Waals surface area contributed by atoms with Crippen LogP contribution in [0.3, 0.4) is 0 Å². The molecular weight excluding hydrogens is 377 g/mol. The molecule has 0 aliphatic carbocycles. The molecule has 2 N–H and O–H groups in total. The molecule has 0 saturated heterocycles. The SMILES string of the molecule is CN=C(NCCCOC(C)c1ccccc1)NC(C)C.I. The van der Waals surface area contributed by atoms with Gasteiger partial charge in [0.1, 0.15) is 0 Å². The van der Waals surface area contributed by atoms with Crippen molar-refractivity contribution in [1.29, 1.82) is 0 Å². The summed E-state index contributed by atoms with van der Waals surface area (Å²) in [4.78, 5) is 4.16. The Labute approximate surface area is 145 Å². The van der Waals surface area contributed by atoms with Crippen LogP contribution in [0.15, 0.2) is 35.3 Å². The summed E-state index contributed by atoms with van der Waals surface area (Å²) in [5, 5.41) is 6.53. The van der Waals surface area contributed by atoms with Crippen LogP contribution in [-0.4, -0.2) is 32.2 Å². The third-order valence-electron chi connectivity index (χ3n) is 2.90. The Morgan fingerprint density at radius 3 is 2.43 bits per heavy atom. The molecule has 0 saturated carbocycles. The molecule has 0 aliphatic rings. The van der Waals surface area contributed by atoms with Crippen molar-refractivity contribution in [3.63, 3.8) is 0 Å². The van der Waals surface area contributed by atoms with Crippen molar-refractivity contribution in [3.8, 4) is 0 Å². The van der Waals surface area contributed by atoms with E-state index in [1.54, 1.807) is 7.05 Å². The fraction of sp³-hybridized carbons (Fsp3) is 0.562. The summed E-state index contributed by atoms with van der Waals surface area (Å²) in [6.07, 6.45) is 1.10. The molecule has 0 amide bonds. The third-order valence-corrected chi connectivity index (χ3v) is 2.90. The van der Waals surface area contributed by atoms with E-state index >= 15 is 0 Å². The van der Waals surface area contributed by atoms with Crippen LogP contribution in [-0.2, 0) is 4.74 Å². The number of halogens is 1. The number of hydrogen-bond acceptors (Lipinski definition) is 2. The highest BCUT2D eigenvalue weighted by atomic mass is 127. The van der Waals surface area contributed by atoms with E-state index in [0.717, 1.165) is 25.5 Å². The van der Waals surface area contributed by atoms with Gasteiger partial charge in [-0.2, -0.15) is 0 Å². The zero-order valence-electron chi connectivity index (χ0n) is 13.4. The second kappa shape index (κ2) is 11.8. The van der Waals surface area contributed by atoms with Crippen LogP contribution >= 0.6 is 24.0 Å². The number of hydrogen-bond donors (Lipinski definition) is 2. The van der Waals surface area contributed by atoms with Gasteiger partial charge in [0.05, 0.1) is 6.10 Å². The van der Waals surface area contributed by atoms with Gasteiger partial charge in [0.25, 0.3) is 0 Å². The quantitative estimate of drug-likeness (QED) is 0.317. The predicted octanol–water partition coefficient (Wildman–Crippen LogP) is 3.35. The average Bonchev–Trinajstić information content (AvgIpc) is 2.46. The first kappa shape index (κ1) is 20.2. The van der Waals surface area contributed by atoms with Crippen molar-refractivity contribution in [1.82, 2.24) is 10.6 Å². The maximum Gasteiger partial charge on any atom is 0.191 e. The molecule has 0 spiro atoms. The van der Waals surface area contributed by atoms with Gasteiger partial charge in [0, 0.05) is 26.2 Å². The maximum atomic E-state index is 5.82. The lowest BCUT2D eigenvalue weighted by Crippen LogP contribution is -2.41. The first-order valence-electron chi connectivity index (χ1n) is 7.27. The molecule has 0 heterocycles. The highest BCUT2D eigenvalue weighted by Crippen LogP contribution is 2.15. The van der Waals surface area contributed by atoms with E-state index in [2.05, 4.69) is 48.5 Å². The van der Waals surface area contributed by atoms with Crippen molar-refractivity contribution < 1.29 is 4.74 Å². The zero-order valence-corrected chi connectivity index (χ0v) is 15.8. The van der Waals surface area contributed by atoms with Crippen LogP contribution in [0.5, 0.6) is 0 Å². The molecule has 1 atom stereocenters. The molecule has 0 aromatic heterocycles. The minimum atomic E-state index is 0. The van der Waals surface area contributed by atoms with Crippen molar-refractivity contribution in [2.24, 2.45) is 4.99 Å². The van der Waals surface area contributed by atoms with Crippen LogP contribution in [0.2, 0.25) is 0 Å². The molecule has 1 aromatic rings. The predicted molar refractivity (Wildman–Crippen MR) is 100 cm³/mol. The zero-order chi connectivity index (χ0) is 14.8. The standard InChI is InChI=1S/C16H27N3O.HI/c1-13(2)19-16(17-4)18-11-8-12-20-14(3)15-9-6-5-7-10-15;/h5-7,9-10,13-14H,8,11-12H2,1-4H3,(H2,17,18,19);1H. The first-order valence-corrected chi connectivity index (χ1v) is 7.27. The minimum Gasteiger partial charge on any atom is -0.374 e. The van der Waals surface area contributed by atoms with Crippen LogP contribution in [0.25, 0.3) is 0 Å². The topological polar surface area (TPSA) is 45.7 Å². The second-order valence-electron chi connectivity index (χ2n) is 5.08. The summed E-state index contributed by atoms with van der Waals surface area (Å²) in [5.41, 5.74) is 1.22. The Morgan fingerprint density at radius 1 is 1.19 bits per heavy atom. The van der Waals surface area contributed by atoms with Gasteiger partial charge >= 0.3 is 0 Å². The molecule has 21 heavy (non-hydrogen) atoms. The lowest BCUT2D eigenvalue weighted by Gasteiger charge is -2.16.